The standard InChI is InChI=1S/C18H25F3N4O/c1-22-16(26)11-13-6-8-25(9-7-13)17(23-2)24-12-14-4-3-5-15(10-14)18(19,20)21/h3-5,10,13H,6-9,11-12H2,1-2H3,(H,22,26)(H,23,24). The predicted molar refractivity (Wildman–Crippen MR) is 94.6 cm³/mol. The Balaban J connectivity index is 1.88. The van der Waals surface area contributed by atoms with Crippen molar-refractivity contribution in [2.45, 2.75) is 32.0 Å². The molecule has 0 spiro atoms. The Morgan fingerprint density at radius 3 is 2.58 bits per heavy atom. The molecule has 2 rings (SSSR count). The van der Waals surface area contributed by atoms with Crippen LogP contribution in [0.2, 0.25) is 0 Å². The fourth-order valence-electron chi connectivity index (χ4n) is 3.08. The number of nitrogens with zero attached hydrogens (tertiary/aromatic N) is 2. The maximum absolute atomic E-state index is 12.8. The number of piperidine rings is 1. The summed E-state index contributed by atoms with van der Waals surface area (Å²) in [5, 5.41) is 5.77. The monoisotopic (exact) mass is 370 g/mol. The van der Waals surface area contributed by atoms with Gasteiger partial charge in [-0.15, -0.1) is 0 Å². The SMILES string of the molecule is CN=C(NCc1cccc(C(F)(F)F)c1)N1CCC(CC(=O)NC)CC1. The lowest BCUT2D eigenvalue weighted by molar-refractivity contribution is -0.137. The van der Waals surface area contributed by atoms with Crippen LogP contribution in [-0.2, 0) is 17.5 Å². The van der Waals surface area contributed by atoms with Crippen molar-refractivity contribution in [1.29, 1.82) is 0 Å². The third kappa shape index (κ3) is 5.64. The van der Waals surface area contributed by atoms with E-state index in [-0.39, 0.29) is 12.5 Å². The van der Waals surface area contributed by atoms with Crippen LogP contribution in [0, 0.1) is 5.92 Å². The first-order valence-electron chi connectivity index (χ1n) is 8.65. The molecular formula is C18H25F3N4O. The lowest BCUT2D eigenvalue weighted by Crippen LogP contribution is -2.45. The van der Waals surface area contributed by atoms with Crippen LogP contribution in [-0.4, -0.2) is 44.0 Å². The first-order chi connectivity index (χ1) is 12.3. The van der Waals surface area contributed by atoms with Gasteiger partial charge in [0.15, 0.2) is 5.96 Å². The second-order valence-corrected chi connectivity index (χ2v) is 6.41. The van der Waals surface area contributed by atoms with Crippen LogP contribution in [0.25, 0.3) is 0 Å². The smallest absolute Gasteiger partial charge is 0.359 e. The molecule has 0 radical (unpaired) electrons. The average molecular weight is 370 g/mol. The summed E-state index contributed by atoms with van der Waals surface area (Å²) in [6, 6.07) is 5.28. The summed E-state index contributed by atoms with van der Waals surface area (Å²) in [4.78, 5) is 17.8. The van der Waals surface area contributed by atoms with Gasteiger partial charge in [0.05, 0.1) is 5.56 Å². The van der Waals surface area contributed by atoms with E-state index < -0.39 is 11.7 Å². The highest BCUT2D eigenvalue weighted by molar-refractivity contribution is 5.80. The maximum atomic E-state index is 12.8. The molecule has 1 aromatic carbocycles. The minimum Gasteiger partial charge on any atom is -0.359 e. The zero-order valence-corrected chi connectivity index (χ0v) is 15.1. The van der Waals surface area contributed by atoms with E-state index in [1.54, 1.807) is 20.2 Å². The molecule has 0 aliphatic carbocycles. The summed E-state index contributed by atoms with van der Waals surface area (Å²) in [5.74, 6) is 1.07. The minimum absolute atomic E-state index is 0.0514. The lowest BCUT2D eigenvalue weighted by Gasteiger charge is -2.34. The Morgan fingerprint density at radius 2 is 2.00 bits per heavy atom. The predicted octanol–water partition coefficient (Wildman–Crippen LogP) is 2.63. The highest BCUT2D eigenvalue weighted by atomic mass is 19.4. The summed E-state index contributed by atoms with van der Waals surface area (Å²) in [7, 11) is 3.29. The molecule has 8 heteroatoms. The number of benzene rings is 1. The third-order valence-corrected chi connectivity index (χ3v) is 4.58. The number of alkyl halides is 3. The van der Waals surface area contributed by atoms with Crippen molar-refractivity contribution in [2.75, 3.05) is 27.2 Å². The summed E-state index contributed by atoms with van der Waals surface area (Å²) in [6.07, 6.45) is -2.04. The van der Waals surface area contributed by atoms with E-state index in [9.17, 15) is 18.0 Å². The molecule has 0 atom stereocenters. The molecule has 0 bridgehead atoms. The molecule has 5 nitrogen and oxygen atoms in total. The van der Waals surface area contributed by atoms with Crippen molar-refractivity contribution >= 4 is 11.9 Å². The number of halogens is 3. The van der Waals surface area contributed by atoms with Crippen LogP contribution >= 0.6 is 0 Å². The zero-order chi connectivity index (χ0) is 19.2. The number of guanidine groups is 1. The number of rotatable bonds is 4. The Hall–Kier alpha value is -2.25. The minimum atomic E-state index is -4.34. The fraction of sp³-hybridized carbons (Fsp3) is 0.556. The number of likely N-dealkylation sites (tertiary alicyclic amines) is 1. The number of aliphatic imine (C=N–C) groups is 1. The molecule has 0 aromatic heterocycles. The van der Waals surface area contributed by atoms with Crippen LogP contribution < -0.4 is 10.6 Å². The molecule has 0 unspecified atom stereocenters. The molecule has 1 heterocycles. The van der Waals surface area contributed by atoms with Crippen molar-refractivity contribution in [3.8, 4) is 0 Å². The van der Waals surface area contributed by atoms with Gasteiger partial charge in [0.25, 0.3) is 0 Å². The Morgan fingerprint density at radius 1 is 1.31 bits per heavy atom. The average Bonchev–Trinajstić information content (AvgIpc) is 2.63. The van der Waals surface area contributed by atoms with Gasteiger partial charge >= 0.3 is 6.18 Å². The van der Waals surface area contributed by atoms with Crippen molar-refractivity contribution in [3.63, 3.8) is 0 Å². The van der Waals surface area contributed by atoms with E-state index in [4.69, 9.17) is 0 Å². The third-order valence-electron chi connectivity index (χ3n) is 4.58. The van der Waals surface area contributed by atoms with E-state index in [0.29, 0.717) is 23.9 Å². The van der Waals surface area contributed by atoms with Crippen LogP contribution in [0.3, 0.4) is 0 Å². The molecule has 0 saturated carbocycles. The Bertz CT molecular complexity index is 638. The largest absolute Gasteiger partial charge is 0.416 e. The van der Waals surface area contributed by atoms with Gasteiger partial charge in [0, 0.05) is 40.2 Å². The Kier molecular flexibility index (Phi) is 6.88. The van der Waals surface area contributed by atoms with Crippen LogP contribution in [0.5, 0.6) is 0 Å². The molecule has 1 amide bonds. The normalized spacial score (nSPS) is 16.5. The van der Waals surface area contributed by atoms with E-state index in [1.165, 1.54) is 6.07 Å². The van der Waals surface area contributed by atoms with Crippen molar-refractivity contribution in [3.05, 3.63) is 35.4 Å². The number of hydrogen-bond acceptors (Lipinski definition) is 2. The quantitative estimate of drug-likeness (QED) is 0.633. The number of amides is 1. The van der Waals surface area contributed by atoms with Gasteiger partial charge in [0.1, 0.15) is 0 Å². The van der Waals surface area contributed by atoms with Crippen LogP contribution in [0.1, 0.15) is 30.4 Å². The number of carbonyl (C=O) groups is 1. The second-order valence-electron chi connectivity index (χ2n) is 6.41. The van der Waals surface area contributed by atoms with Crippen molar-refractivity contribution in [1.82, 2.24) is 15.5 Å². The van der Waals surface area contributed by atoms with E-state index in [2.05, 4.69) is 20.5 Å². The van der Waals surface area contributed by atoms with Gasteiger partial charge in [-0.05, 0) is 36.5 Å². The summed E-state index contributed by atoms with van der Waals surface area (Å²) in [6.45, 7) is 1.81. The molecule has 1 aliphatic rings. The number of hydrogen-bond donors (Lipinski definition) is 2. The molecule has 1 saturated heterocycles. The molecule has 1 aromatic rings. The van der Waals surface area contributed by atoms with E-state index in [1.807, 2.05) is 0 Å². The summed E-state index contributed by atoms with van der Waals surface area (Å²) >= 11 is 0. The topological polar surface area (TPSA) is 56.7 Å². The van der Waals surface area contributed by atoms with E-state index >= 15 is 0 Å². The zero-order valence-electron chi connectivity index (χ0n) is 15.1. The molecular weight excluding hydrogens is 345 g/mol. The van der Waals surface area contributed by atoms with Crippen LogP contribution in [0.4, 0.5) is 13.2 Å². The first-order valence-corrected chi connectivity index (χ1v) is 8.65. The first kappa shape index (κ1) is 20.1. The fourth-order valence-corrected chi connectivity index (χ4v) is 3.08. The molecule has 2 N–H and O–H groups in total. The molecule has 144 valence electrons. The maximum Gasteiger partial charge on any atom is 0.416 e. The van der Waals surface area contributed by atoms with Gasteiger partial charge in [-0.1, -0.05) is 12.1 Å². The Labute approximate surface area is 151 Å². The molecule has 26 heavy (non-hydrogen) atoms. The lowest BCUT2D eigenvalue weighted by atomic mass is 9.93. The van der Waals surface area contributed by atoms with Crippen molar-refractivity contribution in [2.24, 2.45) is 10.9 Å². The molecule has 1 aliphatic heterocycles. The highest BCUT2D eigenvalue weighted by Crippen LogP contribution is 2.29. The van der Waals surface area contributed by atoms with Gasteiger partial charge in [-0.25, -0.2) is 0 Å². The van der Waals surface area contributed by atoms with Gasteiger partial charge in [0.2, 0.25) is 5.91 Å². The summed E-state index contributed by atoms with van der Waals surface area (Å²) < 4.78 is 38.4. The van der Waals surface area contributed by atoms with E-state index in [0.717, 1.165) is 38.1 Å². The van der Waals surface area contributed by atoms with Crippen LogP contribution in [0.15, 0.2) is 29.3 Å². The van der Waals surface area contributed by atoms with Gasteiger partial charge < -0.3 is 15.5 Å². The van der Waals surface area contributed by atoms with Crippen molar-refractivity contribution < 1.29 is 18.0 Å². The number of nitrogens with one attached hydrogen (secondary N) is 2. The van der Waals surface area contributed by atoms with Gasteiger partial charge in [-0.3, -0.25) is 9.79 Å². The summed E-state index contributed by atoms with van der Waals surface area (Å²) in [5.41, 5.74) is -0.0997. The molecule has 1 fully saturated rings. The van der Waals surface area contributed by atoms with Gasteiger partial charge in [-0.2, -0.15) is 13.2 Å². The second kappa shape index (κ2) is 8.91. The highest BCUT2D eigenvalue weighted by Gasteiger charge is 2.30. The number of carbonyl (C=O) groups excluding carboxylic acids is 1.